The fourth-order valence-electron chi connectivity index (χ4n) is 0.882. The minimum absolute atomic E-state index is 0. The molecule has 0 aromatic carbocycles. The summed E-state index contributed by atoms with van der Waals surface area (Å²) in [7, 11) is 0. The van der Waals surface area contributed by atoms with Crippen LogP contribution in [0.1, 0.15) is 41.5 Å². The second-order valence-corrected chi connectivity index (χ2v) is 4.19. The number of carbonyl (C=O) groups excluding carboxylic acids is 3. The van der Waals surface area contributed by atoms with Crippen molar-refractivity contribution in [2.45, 2.75) is 41.5 Å². The average Bonchev–Trinajstić information content (AvgIpc) is 2.10. The monoisotopic (exact) mass is 372 g/mol. The molecule has 0 unspecified atom stereocenters. The summed E-state index contributed by atoms with van der Waals surface area (Å²) in [6.07, 6.45) is 3.50. The Labute approximate surface area is 174 Å². The SMILES string of the molecule is CC(=O)/C=C(/C)O.CC(=O)/C=C(/C)O.CC(=O)/C=C(/C)O.[NaH].[Ti]. The number of rotatable bonds is 3. The number of ketones is 3. The van der Waals surface area contributed by atoms with Gasteiger partial charge in [-0.05, 0) is 41.5 Å². The number of hydrogen-bond donors (Lipinski definition) is 3. The smallest absolute Gasteiger partial charge is 0 e. The van der Waals surface area contributed by atoms with Crippen LogP contribution in [0.15, 0.2) is 35.5 Å². The minimum atomic E-state index is -0.125. The van der Waals surface area contributed by atoms with E-state index in [9.17, 15) is 14.4 Å². The van der Waals surface area contributed by atoms with Crippen molar-refractivity contribution in [1.29, 1.82) is 0 Å². The Morgan fingerprint density at radius 2 is 0.696 bits per heavy atom. The van der Waals surface area contributed by atoms with Gasteiger partial charge in [-0.15, -0.1) is 0 Å². The molecule has 0 rings (SSSR count). The summed E-state index contributed by atoms with van der Waals surface area (Å²) in [5.74, 6) is -0.187. The summed E-state index contributed by atoms with van der Waals surface area (Å²) in [5, 5.41) is 25.1. The van der Waals surface area contributed by atoms with Gasteiger partial charge >= 0.3 is 29.6 Å². The molecule has 23 heavy (non-hydrogen) atoms. The van der Waals surface area contributed by atoms with E-state index in [0.29, 0.717) is 0 Å². The molecule has 126 valence electrons. The first kappa shape index (κ1) is 33.8. The zero-order valence-corrected chi connectivity index (χ0v) is 15.4. The molecule has 0 aromatic rings. The van der Waals surface area contributed by atoms with E-state index in [-0.39, 0.29) is 85.9 Å². The Morgan fingerprint density at radius 3 is 0.696 bits per heavy atom. The number of aliphatic hydroxyl groups is 3. The number of allylic oxidation sites excluding steroid dienone is 6. The van der Waals surface area contributed by atoms with Gasteiger partial charge in [-0.3, -0.25) is 14.4 Å². The molecule has 0 spiro atoms. The molecule has 0 aliphatic rings. The molecule has 0 saturated heterocycles. The topological polar surface area (TPSA) is 112 Å². The van der Waals surface area contributed by atoms with Crippen molar-refractivity contribution in [3.05, 3.63) is 35.5 Å². The van der Waals surface area contributed by atoms with Crippen molar-refractivity contribution < 1.29 is 51.4 Å². The van der Waals surface area contributed by atoms with Crippen molar-refractivity contribution in [3.8, 4) is 0 Å². The van der Waals surface area contributed by atoms with E-state index < -0.39 is 0 Å². The third-order valence-electron chi connectivity index (χ3n) is 1.24. The van der Waals surface area contributed by atoms with Gasteiger partial charge in [-0.1, -0.05) is 0 Å². The predicted octanol–water partition coefficient (Wildman–Crippen LogP) is 2.46. The van der Waals surface area contributed by atoms with Gasteiger partial charge in [0.25, 0.3) is 0 Å². The Kier molecular flexibility index (Phi) is 31.4. The third-order valence-corrected chi connectivity index (χ3v) is 1.24. The maximum Gasteiger partial charge on any atom is 0 e. The normalized spacial score (nSPS) is 10.4. The van der Waals surface area contributed by atoms with Gasteiger partial charge in [0.2, 0.25) is 0 Å². The fourth-order valence-corrected chi connectivity index (χ4v) is 0.882. The molecule has 0 radical (unpaired) electrons. The van der Waals surface area contributed by atoms with Crippen LogP contribution in [-0.4, -0.2) is 62.2 Å². The van der Waals surface area contributed by atoms with Crippen molar-refractivity contribution in [3.63, 3.8) is 0 Å². The molecule has 0 saturated carbocycles. The standard InChI is InChI=1S/3C5H8O2.Na.Ti.H/c3*1-4(6)3-5(2)7;;;/h3*3,6H,1-2H3;;;/b3*4-3-;;;. The molecule has 0 bridgehead atoms. The summed E-state index contributed by atoms with van der Waals surface area (Å²) < 4.78 is 0. The quantitative estimate of drug-likeness (QED) is 0.399. The van der Waals surface area contributed by atoms with Crippen LogP contribution in [0, 0.1) is 0 Å². The van der Waals surface area contributed by atoms with Crippen molar-refractivity contribution >= 4 is 46.9 Å². The van der Waals surface area contributed by atoms with Crippen LogP contribution < -0.4 is 0 Å². The van der Waals surface area contributed by atoms with E-state index in [1.165, 1.54) is 59.8 Å². The van der Waals surface area contributed by atoms with Gasteiger partial charge in [-0.25, -0.2) is 0 Å². The van der Waals surface area contributed by atoms with Gasteiger partial charge in [0.15, 0.2) is 17.3 Å². The molecule has 0 heterocycles. The van der Waals surface area contributed by atoms with Gasteiger partial charge in [0.1, 0.15) is 0 Å². The van der Waals surface area contributed by atoms with Gasteiger partial charge in [-0.2, -0.15) is 0 Å². The van der Waals surface area contributed by atoms with Crippen molar-refractivity contribution in [1.82, 2.24) is 0 Å². The zero-order valence-electron chi connectivity index (χ0n) is 13.8. The summed E-state index contributed by atoms with van der Waals surface area (Å²) in [6, 6.07) is 0. The van der Waals surface area contributed by atoms with Crippen LogP contribution in [-0.2, 0) is 36.1 Å². The summed E-state index contributed by atoms with van der Waals surface area (Å²) in [6.45, 7) is 8.54. The molecule has 6 nitrogen and oxygen atoms in total. The van der Waals surface area contributed by atoms with Crippen LogP contribution in [0.25, 0.3) is 0 Å². The Balaban J connectivity index is -0.0000000675. The number of carbonyl (C=O) groups is 3. The second kappa shape index (κ2) is 21.3. The number of aliphatic hydroxyl groups excluding tert-OH is 3. The molecular weight excluding hydrogens is 347 g/mol. The first-order valence-electron chi connectivity index (χ1n) is 6.02. The van der Waals surface area contributed by atoms with E-state index in [0.717, 1.165) is 0 Å². The molecule has 0 aliphatic heterocycles. The van der Waals surface area contributed by atoms with E-state index in [1.807, 2.05) is 0 Å². The Bertz CT molecular complexity index is 374. The average molecular weight is 372 g/mol. The van der Waals surface area contributed by atoms with E-state index in [1.54, 1.807) is 0 Å². The van der Waals surface area contributed by atoms with E-state index in [2.05, 4.69) is 0 Å². The Morgan fingerprint density at radius 1 is 0.565 bits per heavy atom. The van der Waals surface area contributed by atoms with Crippen LogP contribution in [0.5, 0.6) is 0 Å². The van der Waals surface area contributed by atoms with Crippen LogP contribution in [0.3, 0.4) is 0 Å². The summed E-state index contributed by atoms with van der Waals surface area (Å²) in [4.78, 5) is 30.1. The molecule has 3 N–H and O–H groups in total. The molecule has 8 heteroatoms. The van der Waals surface area contributed by atoms with E-state index >= 15 is 0 Å². The van der Waals surface area contributed by atoms with Gasteiger partial charge in [0.05, 0.1) is 17.3 Å². The second-order valence-electron chi connectivity index (χ2n) is 4.19. The molecule has 0 atom stereocenters. The molecule has 0 aromatic heterocycles. The van der Waals surface area contributed by atoms with Crippen LogP contribution >= 0.6 is 0 Å². The molecule has 0 amide bonds. The molecule has 0 fully saturated rings. The van der Waals surface area contributed by atoms with E-state index in [4.69, 9.17) is 15.3 Å². The first-order chi connectivity index (χ1) is 9.38. The Hall–Kier alpha value is -0.656. The predicted molar refractivity (Wildman–Crippen MR) is 88.3 cm³/mol. The molecule has 0 aliphatic carbocycles. The summed E-state index contributed by atoms with van der Waals surface area (Å²) in [5.41, 5.74) is 0. The largest absolute Gasteiger partial charge is 0 e. The van der Waals surface area contributed by atoms with Crippen LogP contribution in [0.4, 0.5) is 0 Å². The zero-order chi connectivity index (χ0) is 17.6. The van der Waals surface area contributed by atoms with Gasteiger partial charge in [0, 0.05) is 39.9 Å². The molecular formula is C15H25NaO6Ti. The maximum absolute atomic E-state index is 10.0. The number of hydrogen-bond acceptors (Lipinski definition) is 6. The fraction of sp³-hybridized carbons (Fsp3) is 0.400. The first-order valence-corrected chi connectivity index (χ1v) is 6.02. The van der Waals surface area contributed by atoms with Gasteiger partial charge < -0.3 is 15.3 Å². The van der Waals surface area contributed by atoms with Crippen LogP contribution in [0.2, 0.25) is 0 Å². The van der Waals surface area contributed by atoms with Crippen molar-refractivity contribution in [2.24, 2.45) is 0 Å². The van der Waals surface area contributed by atoms with Crippen molar-refractivity contribution in [2.75, 3.05) is 0 Å². The summed E-state index contributed by atoms with van der Waals surface area (Å²) >= 11 is 0. The minimum Gasteiger partial charge on any atom is 0 e. The maximum atomic E-state index is 10.0. The third kappa shape index (κ3) is 62.1.